The Kier molecular flexibility index (Phi) is 3.85. The average molecular weight is 237 g/mol. The first kappa shape index (κ1) is 11.7. The number of hydrogen-bond donors (Lipinski definition) is 0. The summed E-state index contributed by atoms with van der Waals surface area (Å²) in [5.41, 5.74) is -0.908. The lowest BCUT2D eigenvalue weighted by Crippen LogP contribution is -2.14. The van der Waals surface area contributed by atoms with E-state index >= 15 is 0 Å². The summed E-state index contributed by atoms with van der Waals surface area (Å²) in [7, 11) is 0. The minimum atomic E-state index is -1.19. The van der Waals surface area contributed by atoms with Gasteiger partial charge in [0, 0.05) is 6.07 Å². The van der Waals surface area contributed by atoms with E-state index in [0.29, 0.717) is 0 Å². The van der Waals surface area contributed by atoms with Gasteiger partial charge in [0.05, 0.1) is 0 Å². The Balaban J connectivity index is 2.71. The Bertz CT molecular complexity index is 368. The van der Waals surface area contributed by atoms with Crippen molar-refractivity contribution in [2.45, 2.75) is 12.5 Å². The van der Waals surface area contributed by atoms with Gasteiger partial charge in [-0.15, -0.1) is 0 Å². The summed E-state index contributed by atoms with van der Waals surface area (Å²) >= 11 is 5.32. The van der Waals surface area contributed by atoms with Crippen molar-refractivity contribution in [2.75, 3.05) is 0 Å². The highest BCUT2D eigenvalue weighted by molar-refractivity contribution is 6.19. The molecule has 1 aromatic rings. The molecule has 0 aromatic heterocycles. The molecule has 1 atom stereocenters. The fraction of sp³-hybridized carbons (Fsp3) is 0.222. The quantitative estimate of drug-likeness (QED) is 0.450. The molecule has 0 bridgehead atoms. The van der Waals surface area contributed by atoms with E-state index in [2.05, 4.69) is 9.47 Å². The van der Waals surface area contributed by atoms with Gasteiger partial charge >= 0.3 is 6.16 Å². The minimum Gasteiger partial charge on any atom is -0.415 e. The summed E-state index contributed by atoms with van der Waals surface area (Å²) in [6, 6.07) is 2.47. The van der Waals surface area contributed by atoms with Crippen LogP contribution >= 0.6 is 11.6 Å². The highest BCUT2D eigenvalue weighted by Gasteiger charge is 2.13. The van der Waals surface area contributed by atoms with Gasteiger partial charge in [-0.05, 0) is 19.1 Å². The molecule has 82 valence electrons. The van der Waals surface area contributed by atoms with Crippen molar-refractivity contribution in [3.05, 3.63) is 29.8 Å². The lowest BCUT2D eigenvalue weighted by molar-refractivity contribution is 0.0908. The zero-order chi connectivity index (χ0) is 11.4. The van der Waals surface area contributed by atoms with Crippen molar-refractivity contribution >= 4 is 17.8 Å². The first-order chi connectivity index (χ1) is 6.99. The third-order valence-corrected chi connectivity index (χ3v) is 1.43. The topological polar surface area (TPSA) is 35.5 Å². The van der Waals surface area contributed by atoms with Crippen LogP contribution < -0.4 is 4.74 Å². The van der Waals surface area contributed by atoms with E-state index in [-0.39, 0.29) is 0 Å². The molecule has 1 rings (SSSR count). The van der Waals surface area contributed by atoms with Crippen LogP contribution in [0.15, 0.2) is 18.2 Å². The average Bonchev–Trinajstić information content (AvgIpc) is 2.10. The molecule has 0 radical (unpaired) electrons. The molecule has 0 aliphatic carbocycles. The van der Waals surface area contributed by atoms with Crippen LogP contribution in [0.4, 0.5) is 13.6 Å². The summed E-state index contributed by atoms with van der Waals surface area (Å²) in [6.07, 6.45) is -1.19. The third-order valence-electron chi connectivity index (χ3n) is 1.35. The van der Waals surface area contributed by atoms with Crippen LogP contribution in [0.1, 0.15) is 6.92 Å². The minimum absolute atomic E-state index is 0.544. The number of benzene rings is 1. The monoisotopic (exact) mass is 236 g/mol. The Morgan fingerprint density at radius 2 is 2.13 bits per heavy atom. The van der Waals surface area contributed by atoms with Gasteiger partial charge in [0.2, 0.25) is 0 Å². The zero-order valence-electron chi connectivity index (χ0n) is 7.67. The van der Waals surface area contributed by atoms with Gasteiger partial charge in [0.15, 0.2) is 17.1 Å². The smallest absolute Gasteiger partial charge is 0.415 e. The predicted octanol–water partition coefficient (Wildman–Crippen LogP) is 3.07. The highest BCUT2D eigenvalue weighted by Crippen LogP contribution is 2.18. The van der Waals surface area contributed by atoms with Crippen molar-refractivity contribution in [2.24, 2.45) is 0 Å². The molecule has 0 aliphatic rings. The number of halogens is 3. The fourth-order valence-corrected chi connectivity index (χ4v) is 0.875. The Labute approximate surface area is 89.5 Å². The standard InChI is InChI=1S/C9H7ClF2O3/c1-5(10)14-9(13)15-8-4-6(11)2-3-7(8)12/h2-5H,1H3. The number of ether oxygens (including phenoxy) is 2. The summed E-state index contributed by atoms with van der Waals surface area (Å²) in [5, 5.41) is 0. The maximum Gasteiger partial charge on any atom is 0.515 e. The van der Waals surface area contributed by atoms with Crippen LogP contribution in [0.25, 0.3) is 0 Å². The van der Waals surface area contributed by atoms with Crippen molar-refractivity contribution in [3.8, 4) is 5.75 Å². The van der Waals surface area contributed by atoms with E-state index in [1.54, 1.807) is 0 Å². The first-order valence-electron chi connectivity index (χ1n) is 3.96. The van der Waals surface area contributed by atoms with Crippen LogP contribution in [-0.4, -0.2) is 11.7 Å². The highest BCUT2D eigenvalue weighted by atomic mass is 35.5. The van der Waals surface area contributed by atoms with Crippen molar-refractivity contribution in [1.29, 1.82) is 0 Å². The molecule has 6 heteroatoms. The number of hydrogen-bond acceptors (Lipinski definition) is 3. The molecule has 0 heterocycles. The summed E-state index contributed by atoms with van der Waals surface area (Å²) in [4.78, 5) is 10.9. The Morgan fingerprint density at radius 1 is 1.47 bits per heavy atom. The van der Waals surface area contributed by atoms with Gasteiger partial charge < -0.3 is 9.47 Å². The van der Waals surface area contributed by atoms with E-state index < -0.39 is 29.1 Å². The van der Waals surface area contributed by atoms with Crippen LogP contribution in [0.3, 0.4) is 0 Å². The van der Waals surface area contributed by atoms with E-state index in [1.165, 1.54) is 6.92 Å². The zero-order valence-corrected chi connectivity index (χ0v) is 8.42. The number of carbonyl (C=O) groups excluding carboxylic acids is 1. The molecule has 0 fully saturated rings. The van der Waals surface area contributed by atoms with E-state index in [0.717, 1.165) is 18.2 Å². The largest absolute Gasteiger partial charge is 0.515 e. The lowest BCUT2D eigenvalue weighted by atomic mass is 10.3. The van der Waals surface area contributed by atoms with Gasteiger partial charge in [-0.1, -0.05) is 11.6 Å². The summed E-state index contributed by atoms with van der Waals surface area (Å²) in [5.74, 6) is -2.13. The molecular weight excluding hydrogens is 230 g/mol. The molecular formula is C9H7ClF2O3. The first-order valence-corrected chi connectivity index (χ1v) is 4.40. The summed E-state index contributed by atoms with van der Waals surface area (Å²) in [6.45, 7) is 1.38. The van der Waals surface area contributed by atoms with E-state index in [4.69, 9.17) is 11.6 Å². The van der Waals surface area contributed by atoms with Gasteiger partial charge in [0.25, 0.3) is 0 Å². The molecule has 0 N–H and O–H groups in total. The van der Waals surface area contributed by atoms with Gasteiger partial charge in [-0.3, -0.25) is 0 Å². The number of rotatable bonds is 2. The van der Waals surface area contributed by atoms with Crippen LogP contribution in [0, 0.1) is 11.6 Å². The van der Waals surface area contributed by atoms with Gasteiger partial charge in [0.1, 0.15) is 5.82 Å². The molecule has 1 aromatic carbocycles. The van der Waals surface area contributed by atoms with Crippen LogP contribution in [-0.2, 0) is 4.74 Å². The number of carbonyl (C=O) groups is 1. The number of alkyl halides is 1. The molecule has 3 nitrogen and oxygen atoms in total. The van der Waals surface area contributed by atoms with Crippen molar-refractivity contribution in [1.82, 2.24) is 0 Å². The van der Waals surface area contributed by atoms with Crippen LogP contribution in [0.5, 0.6) is 5.75 Å². The molecule has 15 heavy (non-hydrogen) atoms. The van der Waals surface area contributed by atoms with Gasteiger partial charge in [-0.2, -0.15) is 0 Å². The predicted molar refractivity (Wildman–Crippen MR) is 48.8 cm³/mol. The maximum atomic E-state index is 12.9. The van der Waals surface area contributed by atoms with E-state index in [9.17, 15) is 13.6 Å². The maximum absolute atomic E-state index is 12.9. The van der Waals surface area contributed by atoms with E-state index in [1.807, 2.05) is 0 Å². The summed E-state index contributed by atoms with van der Waals surface area (Å²) < 4.78 is 34.3. The molecule has 0 amide bonds. The fourth-order valence-electron chi connectivity index (χ4n) is 0.802. The molecule has 0 saturated heterocycles. The second kappa shape index (κ2) is 4.93. The Morgan fingerprint density at radius 3 is 2.73 bits per heavy atom. The molecule has 0 aliphatic heterocycles. The third kappa shape index (κ3) is 3.71. The SMILES string of the molecule is CC(Cl)OC(=O)Oc1cc(F)ccc1F. The molecule has 0 saturated carbocycles. The van der Waals surface area contributed by atoms with Crippen molar-refractivity contribution in [3.63, 3.8) is 0 Å². The normalized spacial score (nSPS) is 12.0. The molecule has 0 spiro atoms. The molecule has 1 unspecified atom stereocenters. The van der Waals surface area contributed by atoms with Crippen molar-refractivity contribution < 1.29 is 23.0 Å². The Hall–Kier alpha value is -1.36. The van der Waals surface area contributed by atoms with Gasteiger partial charge in [-0.25, -0.2) is 13.6 Å². The second-order valence-electron chi connectivity index (χ2n) is 2.59. The lowest BCUT2D eigenvalue weighted by Gasteiger charge is -2.07. The van der Waals surface area contributed by atoms with Crippen LogP contribution in [0.2, 0.25) is 0 Å². The second-order valence-corrected chi connectivity index (χ2v) is 3.20.